The molecular formula is C25H26F3N5O6. The minimum atomic E-state index is -5.08. The number of alkyl halides is 3. The van der Waals surface area contributed by atoms with Crippen molar-refractivity contribution in [2.45, 2.75) is 31.6 Å². The van der Waals surface area contributed by atoms with Gasteiger partial charge in [-0.3, -0.25) is 14.6 Å². The van der Waals surface area contributed by atoms with Gasteiger partial charge in [0.25, 0.3) is 11.5 Å². The number of carboxylic acid groups (broad SMARTS) is 2. The minimum Gasteiger partial charge on any atom is -0.480 e. The molecule has 39 heavy (non-hydrogen) atoms. The Morgan fingerprint density at radius 2 is 1.64 bits per heavy atom. The lowest BCUT2D eigenvalue weighted by Gasteiger charge is -2.15. The van der Waals surface area contributed by atoms with Crippen molar-refractivity contribution in [2.24, 2.45) is 16.5 Å². The van der Waals surface area contributed by atoms with Gasteiger partial charge in [0.15, 0.2) is 5.96 Å². The molecule has 1 aromatic heterocycles. The van der Waals surface area contributed by atoms with E-state index in [2.05, 4.69) is 10.3 Å². The smallest absolute Gasteiger partial charge is 0.480 e. The molecule has 3 aromatic rings. The molecule has 1 heterocycles. The monoisotopic (exact) mass is 549 g/mol. The van der Waals surface area contributed by atoms with Gasteiger partial charge in [-0.25, -0.2) is 9.59 Å². The fraction of sp³-hybridized carbons (Fsp3) is 0.240. The van der Waals surface area contributed by atoms with E-state index in [9.17, 15) is 32.7 Å². The predicted molar refractivity (Wildman–Crippen MR) is 136 cm³/mol. The average Bonchev–Trinajstić information content (AvgIpc) is 2.86. The van der Waals surface area contributed by atoms with Gasteiger partial charge in [-0.2, -0.15) is 13.2 Å². The molecule has 0 unspecified atom stereocenters. The number of nitrogens with two attached hydrogens (primary N) is 2. The first kappa shape index (κ1) is 30.3. The van der Waals surface area contributed by atoms with Crippen molar-refractivity contribution < 1.29 is 37.8 Å². The molecule has 11 nitrogen and oxygen atoms in total. The molecule has 2 aromatic carbocycles. The summed E-state index contributed by atoms with van der Waals surface area (Å²) in [5.74, 6) is -4.78. The molecule has 1 amide bonds. The fourth-order valence-corrected chi connectivity index (χ4v) is 3.44. The van der Waals surface area contributed by atoms with Crippen LogP contribution in [-0.2, 0) is 16.1 Å². The zero-order valence-electron chi connectivity index (χ0n) is 20.4. The van der Waals surface area contributed by atoms with Crippen LogP contribution >= 0.6 is 0 Å². The van der Waals surface area contributed by atoms with Gasteiger partial charge in [0.05, 0.1) is 6.54 Å². The molecule has 0 spiro atoms. The highest BCUT2D eigenvalue weighted by atomic mass is 19.4. The normalized spacial score (nSPS) is 11.6. The standard InChI is InChI=1S/C23H25N5O4.C2HF3O2/c24-23(25)26-12-4-11-19(22(31)32)27-20(29)18-10-5-13-28(21(18)30)14-16-8-3-7-15-6-1-2-9-17(15)16;3-2(4,5)1(6)7/h1-3,5-10,13,19H,4,11-12,14H2,(H,27,29)(H,31,32)(H4,24,25,26);(H,6,7)/t19-;/m0./s1. The third-order valence-electron chi connectivity index (χ3n) is 5.28. The number of halogens is 3. The first-order valence-corrected chi connectivity index (χ1v) is 11.4. The SMILES string of the molecule is NC(N)=NCCC[C@H](NC(=O)c1cccn(Cc2cccc3ccccc23)c1=O)C(=O)O.O=C(O)C(F)(F)F. The van der Waals surface area contributed by atoms with Crippen LogP contribution in [0.3, 0.4) is 0 Å². The molecule has 1 atom stereocenters. The fourth-order valence-electron chi connectivity index (χ4n) is 3.44. The van der Waals surface area contributed by atoms with Gasteiger partial charge in [0.1, 0.15) is 11.6 Å². The van der Waals surface area contributed by atoms with E-state index in [4.69, 9.17) is 21.4 Å². The van der Waals surface area contributed by atoms with Crippen molar-refractivity contribution in [1.29, 1.82) is 0 Å². The second-order valence-corrected chi connectivity index (χ2v) is 8.11. The minimum absolute atomic E-state index is 0.0862. The first-order valence-electron chi connectivity index (χ1n) is 11.4. The summed E-state index contributed by atoms with van der Waals surface area (Å²) in [6.07, 6.45) is -3.01. The Labute approximate surface area is 219 Å². The third kappa shape index (κ3) is 9.18. The highest BCUT2D eigenvalue weighted by molar-refractivity contribution is 5.96. The number of amides is 1. The van der Waals surface area contributed by atoms with E-state index in [-0.39, 0.29) is 31.0 Å². The Hall–Kier alpha value is -4.88. The molecule has 208 valence electrons. The summed E-state index contributed by atoms with van der Waals surface area (Å²) < 4.78 is 33.2. The van der Waals surface area contributed by atoms with Crippen LogP contribution in [-0.4, -0.2) is 57.3 Å². The van der Waals surface area contributed by atoms with Gasteiger partial charge >= 0.3 is 18.1 Å². The number of rotatable bonds is 9. The Morgan fingerprint density at radius 1 is 1.00 bits per heavy atom. The van der Waals surface area contributed by atoms with E-state index in [0.717, 1.165) is 16.3 Å². The van der Waals surface area contributed by atoms with E-state index in [1.54, 1.807) is 12.3 Å². The first-order chi connectivity index (χ1) is 18.3. The lowest BCUT2D eigenvalue weighted by Crippen LogP contribution is -2.43. The highest BCUT2D eigenvalue weighted by Crippen LogP contribution is 2.19. The van der Waals surface area contributed by atoms with Crippen molar-refractivity contribution in [2.75, 3.05) is 6.54 Å². The predicted octanol–water partition coefficient (Wildman–Crippen LogP) is 1.92. The summed E-state index contributed by atoms with van der Waals surface area (Å²) >= 11 is 0. The molecule has 0 saturated heterocycles. The number of aliphatic carboxylic acids is 2. The van der Waals surface area contributed by atoms with Crippen molar-refractivity contribution in [3.8, 4) is 0 Å². The molecule has 0 fully saturated rings. The number of carboxylic acids is 2. The number of aromatic nitrogens is 1. The molecule has 0 aliphatic carbocycles. The molecule has 0 bridgehead atoms. The van der Waals surface area contributed by atoms with Gasteiger partial charge in [-0.15, -0.1) is 0 Å². The highest BCUT2D eigenvalue weighted by Gasteiger charge is 2.38. The van der Waals surface area contributed by atoms with Gasteiger partial charge in [-0.05, 0) is 41.3 Å². The summed E-state index contributed by atoms with van der Waals surface area (Å²) in [5.41, 5.74) is 10.8. The summed E-state index contributed by atoms with van der Waals surface area (Å²) in [4.78, 5) is 49.8. The molecule has 0 saturated carbocycles. The van der Waals surface area contributed by atoms with Crippen LogP contribution < -0.4 is 22.3 Å². The van der Waals surface area contributed by atoms with Crippen LogP contribution in [0.2, 0.25) is 0 Å². The maximum Gasteiger partial charge on any atom is 0.490 e. The summed E-state index contributed by atoms with van der Waals surface area (Å²) in [5, 5.41) is 21.0. The maximum atomic E-state index is 12.9. The number of guanidine groups is 1. The van der Waals surface area contributed by atoms with Crippen LogP contribution in [0, 0.1) is 0 Å². The van der Waals surface area contributed by atoms with Gasteiger partial charge in [-0.1, -0.05) is 42.5 Å². The number of benzene rings is 2. The van der Waals surface area contributed by atoms with Crippen LogP contribution in [0.1, 0.15) is 28.8 Å². The van der Waals surface area contributed by atoms with E-state index in [1.165, 1.54) is 10.6 Å². The van der Waals surface area contributed by atoms with Crippen molar-refractivity contribution >= 4 is 34.6 Å². The van der Waals surface area contributed by atoms with Crippen molar-refractivity contribution in [3.63, 3.8) is 0 Å². The zero-order chi connectivity index (χ0) is 29.2. The molecule has 14 heteroatoms. The Kier molecular flexibility index (Phi) is 10.6. The molecular weight excluding hydrogens is 523 g/mol. The van der Waals surface area contributed by atoms with E-state index < -0.39 is 35.6 Å². The second kappa shape index (κ2) is 13.6. The number of nitrogens with zero attached hydrogens (tertiary/aromatic N) is 2. The molecule has 0 aliphatic heterocycles. The summed E-state index contributed by atoms with van der Waals surface area (Å²) in [6.45, 7) is 0.521. The summed E-state index contributed by atoms with van der Waals surface area (Å²) in [6, 6.07) is 15.5. The second-order valence-electron chi connectivity index (χ2n) is 8.11. The molecule has 0 aliphatic rings. The lowest BCUT2D eigenvalue weighted by molar-refractivity contribution is -0.192. The van der Waals surface area contributed by atoms with Gasteiger partial charge < -0.3 is 31.6 Å². The van der Waals surface area contributed by atoms with E-state index in [0.29, 0.717) is 6.42 Å². The van der Waals surface area contributed by atoms with E-state index in [1.807, 2.05) is 42.5 Å². The number of carbonyl (C=O) groups excluding carboxylic acids is 1. The number of fused-ring (bicyclic) bond motifs is 1. The zero-order valence-corrected chi connectivity index (χ0v) is 20.4. The number of hydrogen-bond acceptors (Lipinski definition) is 5. The van der Waals surface area contributed by atoms with Crippen LogP contribution in [0.5, 0.6) is 0 Å². The number of nitrogens with one attached hydrogen (secondary N) is 1. The summed E-state index contributed by atoms with van der Waals surface area (Å²) in [7, 11) is 0. The molecule has 3 rings (SSSR count). The van der Waals surface area contributed by atoms with Crippen molar-refractivity contribution in [3.05, 3.63) is 82.3 Å². The van der Waals surface area contributed by atoms with Gasteiger partial charge in [0, 0.05) is 12.7 Å². The van der Waals surface area contributed by atoms with Crippen molar-refractivity contribution in [1.82, 2.24) is 9.88 Å². The third-order valence-corrected chi connectivity index (χ3v) is 5.28. The largest absolute Gasteiger partial charge is 0.490 e. The quantitative estimate of drug-likeness (QED) is 0.152. The number of hydrogen-bond donors (Lipinski definition) is 5. The molecule has 7 N–H and O–H groups in total. The van der Waals surface area contributed by atoms with Crippen LogP contribution in [0.15, 0.2) is 70.6 Å². The Balaban J connectivity index is 0.000000673. The number of pyridine rings is 1. The lowest BCUT2D eigenvalue weighted by atomic mass is 10.0. The Morgan fingerprint density at radius 3 is 2.26 bits per heavy atom. The topological polar surface area (TPSA) is 190 Å². The maximum absolute atomic E-state index is 12.9. The molecule has 0 radical (unpaired) electrons. The van der Waals surface area contributed by atoms with Gasteiger partial charge in [0.2, 0.25) is 0 Å². The Bertz CT molecular complexity index is 1410. The number of aliphatic imine (C=N–C) groups is 1. The van der Waals surface area contributed by atoms with Crippen LogP contribution in [0.4, 0.5) is 13.2 Å². The number of carbonyl (C=O) groups is 3. The van der Waals surface area contributed by atoms with E-state index >= 15 is 0 Å². The van der Waals surface area contributed by atoms with Crippen LogP contribution in [0.25, 0.3) is 10.8 Å². The average molecular weight is 550 g/mol.